The standard InChI is InChI=1S/C50H32N2S/c1-3-13-33(14-4-1)38-29-39(43-22-12-23-45-44-20-9-10-24-48(44)53-49(43)45)31-40(30-38)47-32-46(36-16-5-2-6-17-36)51-50(52-47)37-27-25-35(26-28-37)42-21-11-18-34-15-7-8-19-41(34)42/h1-32H. The summed E-state index contributed by atoms with van der Waals surface area (Å²) in [6.45, 7) is 0. The third kappa shape index (κ3) is 5.78. The van der Waals surface area contributed by atoms with E-state index < -0.39 is 0 Å². The number of benzene rings is 8. The van der Waals surface area contributed by atoms with Gasteiger partial charge in [0.1, 0.15) is 0 Å². The van der Waals surface area contributed by atoms with Crippen molar-refractivity contribution in [1.29, 1.82) is 0 Å². The molecule has 0 aliphatic heterocycles. The Morgan fingerprint density at radius 3 is 1.70 bits per heavy atom. The van der Waals surface area contributed by atoms with Gasteiger partial charge in [0.05, 0.1) is 11.4 Å². The number of nitrogens with zero attached hydrogens (tertiary/aromatic N) is 2. The van der Waals surface area contributed by atoms with Gasteiger partial charge in [-0.25, -0.2) is 9.97 Å². The number of rotatable bonds is 6. The molecule has 2 nitrogen and oxygen atoms in total. The maximum absolute atomic E-state index is 5.31. The molecule has 2 heterocycles. The molecule has 0 saturated carbocycles. The molecule has 248 valence electrons. The van der Waals surface area contributed by atoms with Crippen molar-refractivity contribution in [3.63, 3.8) is 0 Å². The number of aromatic nitrogens is 2. The second-order valence-corrected chi connectivity index (χ2v) is 14.4. The Hall–Kier alpha value is -6.68. The van der Waals surface area contributed by atoms with Crippen LogP contribution < -0.4 is 0 Å². The molecule has 3 heteroatoms. The summed E-state index contributed by atoms with van der Waals surface area (Å²) in [6, 6.07) is 69.2. The summed E-state index contributed by atoms with van der Waals surface area (Å²) in [5.74, 6) is 0.698. The second-order valence-electron chi connectivity index (χ2n) is 13.4. The topological polar surface area (TPSA) is 25.8 Å². The summed E-state index contributed by atoms with van der Waals surface area (Å²) >= 11 is 1.86. The molecule has 0 aliphatic rings. The third-order valence-electron chi connectivity index (χ3n) is 10.1. The maximum Gasteiger partial charge on any atom is 0.160 e. The van der Waals surface area contributed by atoms with Crippen LogP contribution >= 0.6 is 11.3 Å². The van der Waals surface area contributed by atoms with Gasteiger partial charge in [0.2, 0.25) is 0 Å². The van der Waals surface area contributed by atoms with Crippen LogP contribution in [0.5, 0.6) is 0 Å². The molecule has 0 N–H and O–H groups in total. The van der Waals surface area contributed by atoms with Gasteiger partial charge in [-0.05, 0) is 74.5 Å². The monoisotopic (exact) mass is 692 g/mol. The third-order valence-corrected chi connectivity index (χ3v) is 11.3. The minimum Gasteiger partial charge on any atom is -0.228 e. The average molecular weight is 693 g/mol. The molecular weight excluding hydrogens is 661 g/mol. The van der Waals surface area contributed by atoms with E-state index in [9.17, 15) is 0 Å². The van der Waals surface area contributed by atoms with Crippen LogP contribution in [0.2, 0.25) is 0 Å². The molecule has 0 aliphatic carbocycles. The molecule has 53 heavy (non-hydrogen) atoms. The van der Waals surface area contributed by atoms with Crippen LogP contribution in [-0.4, -0.2) is 9.97 Å². The molecule has 0 atom stereocenters. The molecule has 0 fully saturated rings. The Bertz CT molecular complexity index is 2920. The van der Waals surface area contributed by atoms with E-state index in [1.54, 1.807) is 0 Å². The van der Waals surface area contributed by atoms with Crippen LogP contribution in [0.3, 0.4) is 0 Å². The van der Waals surface area contributed by atoms with E-state index in [1.807, 2.05) is 17.4 Å². The lowest BCUT2D eigenvalue weighted by Crippen LogP contribution is -1.97. The molecule has 0 unspecified atom stereocenters. The molecule has 2 aromatic heterocycles. The van der Waals surface area contributed by atoms with Gasteiger partial charge in [-0.15, -0.1) is 11.3 Å². The highest BCUT2D eigenvalue weighted by atomic mass is 32.1. The number of hydrogen-bond acceptors (Lipinski definition) is 3. The number of fused-ring (bicyclic) bond motifs is 4. The van der Waals surface area contributed by atoms with Crippen LogP contribution in [0.15, 0.2) is 194 Å². The summed E-state index contributed by atoms with van der Waals surface area (Å²) in [4.78, 5) is 10.5. The van der Waals surface area contributed by atoms with Crippen LogP contribution in [0, 0.1) is 0 Å². The zero-order valence-corrected chi connectivity index (χ0v) is 29.6. The molecule has 8 aromatic carbocycles. The van der Waals surface area contributed by atoms with Crippen molar-refractivity contribution in [3.8, 4) is 67.3 Å². The molecule has 0 saturated heterocycles. The average Bonchev–Trinajstić information content (AvgIpc) is 3.63. The highest BCUT2D eigenvalue weighted by Gasteiger charge is 2.16. The molecule has 10 rings (SSSR count). The highest BCUT2D eigenvalue weighted by Crippen LogP contribution is 2.42. The Morgan fingerprint density at radius 1 is 0.321 bits per heavy atom. The normalized spacial score (nSPS) is 11.4. The van der Waals surface area contributed by atoms with Crippen molar-refractivity contribution in [3.05, 3.63) is 194 Å². The van der Waals surface area contributed by atoms with Gasteiger partial charge in [0.25, 0.3) is 0 Å². The lowest BCUT2D eigenvalue weighted by molar-refractivity contribution is 1.18. The van der Waals surface area contributed by atoms with Gasteiger partial charge < -0.3 is 0 Å². The fourth-order valence-corrected chi connectivity index (χ4v) is 8.70. The van der Waals surface area contributed by atoms with Crippen LogP contribution in [0.1, 0.15) is 0 Å². The van der Waals surface area contributed by atoms with Gasteiger partial charge in [0, 0.05) is 36.9 Å². The summed E-state index contributed by atoms with van der Waals surface area (Å²) in [5.41, 5.74) is 11.9. The van der Waals surface area contributed by atoms with Crippen molar-refractivity contribution in [2.45, 2.75) is 0 Å². The Balaban J connectivity index is 1.15. The van der Waals surface area contributed by atoms with Gasteiger partial charge in [-0.2, -0.15) is 0 Å². The van der Waals surface area contributed by atoms with Gasteiger partial charge in [-0.1, -0.05) is 164 Å². The smallest absolute Gasteiger partial charge is 0.160 e. The minimum absolute atomic E-state index is 0.698. The first-order valence-corrected chi connectivity index (χ1v) is 18.7. The zero-order valence-electron chi connectivity index (χ0n) is 28.8. The van der Waals surface area contributed by atoms with Gasteiger partial charge in [0.15, 0.2) is 5.82 Å². The number of hydrogen-bond donors (Lipinski definition) is 0. The van der Waals surface area contributed by atoms with Crippen molar-refractivity contribution in [2.24, 2.45) is 0 Å². The van der Waals surface area contributed by atoms with E-state index in [0.29, 0.717) is 5.82 Å². The Labute approximate surface area is 312 Å². The summed E-state index contributed by atoms with van der Waals surface area (Å²) in [5, 5.41) is 5.07. The fraction of sp³-hybridized carbons (Fsp3) is 0. The van der Waals surface area contributed by atoms with Gasteiger partial charge in [-0.3, -0.25) is 0 Å². The molecular formula is C50H32N2S. The molecule has 0 amide bonds. The summed E-state index contributed by atoms with van der Waals surface area (Å²) in [6.07, 6.45) is 0. The lowest BCUT2D eigenvalue weighted by Gasteiger charge is -2.14. The van der Waals surface area contributed by atoms with E-state index in [-0.39, 0.29) is 0 Å². The highest BCUT2D eigenvalue weighted by molar-refractivity contribution is 7.26. The Kier molecular flexibility index (Phi) is 7.71. The SMILES string of the molecule is c1ccc(-c2cc(-c3cc(-c4ccccc4)nc(-c4ccc(-c5cccc6ccccc56)cc4)n3)cc(-c3cccc4c3sc3ccccc34)c2)cc1. The first kappa shape index (κ1) is 31.1. The van der Waals surface area contributed by atoms with Crippen molar-refractivity contribution in [1.82, 2.24) is 9.97 Å². The van der Waals surface area contributed by atoms with Crippen molar-refractivity contribution < 1.29 is 0 Å². The molecule has 0 radical (unpaired) electrons. The Morgan fingerprint density at radius 2 is 0.887 bits per heavy atom. The predicted octanol–water partition coefficient (Wildman–Crippen LogP) is 14.0. The quantitative estimate of drug-likeness (QED) is 0.173. The summed E-state index contributed by atoms with van der Waals surface area (Å²) < 4.78 is 2.60. The maximum atomic E-state index is 5.31. The first-order valence-electron chi connectivity index (χ1n) is 17.9. The summed E-state index contributed by atoms with van der Waals surface area (Å²) in [7, 11) is 0. The first-order chi connectivity index (χ1) is 26.2. The van der Waals surface area contributed by atoms with E-state index in [0.717, 1.165) is 33.6 Å². The van der Waals surface area contributed by atoms with Gasteiger partial charge >= 0.3 is 0 Å². The van der Waals surface area contributed by atoms with E-state index >= 15 is 0 Å². The molecule has 10 aromatic rings. The second kappa shape index (κ2) is 13.1. The number of thiophene rings is 1. The largest absolute Gasteiger partial charge is 0.228 e. The van der Waals surface area contributed by atoms with Crippen LogP contribution in [0.4, 0.5) is 0 Å². The fourth-order valence-electron chi connectivity index (χ4n) is 7.46. The zero-order chi connectivity index (χ0) is 35.1. The minimum atomic E-state index is 0.698. The van der Waals surface area contributed by atoms with Crippen molar-refractivity contribution >= 4 is 42.3 Å². The molecule has 0 spiro atoms. The molecule has 0 bridgehead atoms. The van der Waals surface area contributed by atoms with E-state index in [1.165, 1.54) is 58.8 Å². The lowest BCUT2D eigenvalue weighted by atomic mass is 9.94. The van der Waals surface area contributed by atoms with E-state index in [2.05, 4.69) is 188 Å². The van der Waals surface area contributed by atoms with Crippen molar-refractivity contribution in [2.75, 3.05) is 0 Å². The van der Waals surface area contributed by atoms with Crippen LogP contribution in [-0.2, 0) is 0 Å². The predicted molar refractivity (Wildman–Crippen MR) is 225 cm³/mol. The van der Waals surface area contributed by atoms with Crippen LogP contribution in [0.25, 0.3) is 98.2 Å². The van der Waals surface area contributed by atoms with E-state index in [4.69, 9.17) is 9.97 Å².